The fourth-order valence-electron chi connectivity index (χ4n) is 1.83. The fourth-order valence-corrected chi connectivity index (χ4v) is 2.08. The molecule has 0 aliphatic carbocycles. The van der Waals surface area contributed by atoms with Crippen LogP contribution in [0.25, 0.3) is 0 Å². The zero-order valence-corrected chi connectivity index (χ0v) is 12.4. The average molecular weight is 309 g/mol. The lowest BCUT2D eigenvalue weighted by molar-refractivity contribution is 0.0785. The van der Waals surface area contributed by atoms with Crippen molar-refractivity contribution in [2.24, 2.45) is 0 Å². The van der Waals surface area contributed by atoms with E-state index in [0.29, 0.717) is 27.8 Å². The molecule has 0 fully saturated rings. The van der Waals surface area contributed by atoms with E-state index in [1.165, 1.54) is 0 Å². The molecule has 0 aliphatic rings. The summed E-state index contributed by atoms with van der Waals surface area (Å²) in [6.07, 6.45) is 0. The second-order valence-corrected chi connectivity index (χ2v) is 5.37. The van der Waals surface area contributed by atoms with Gasteiger partial charge < -0.3 is 10.6 Å². The number of nitrogen functional groups attached to an aromatic ring is 1. The molecule has 5 heteroatoms. The molecule has 20 heavy (non-hydrogen) atoms. The smallest absolute Gasteiger partial charge is 0.253 e. The topological polar surface area (TPSA) is 46.3 Å². The summed E-state index contributed by atoms with van der Waals surface area (Å²) in [5.74, 6) is -0.108. The first-order chi connectivity index (χ1) is 9.47. The Morgan fingerprint density at radius 2 is 1.80 bits per heavy atom. The van der Waals surface area contributed by atoms with Crippen molar-refractivity contribution < 1.29 is 4.79 Å². The largest absolute Gasteiger partial charge is 0.398 e. The van der Waals surface area contributed by atoms with Gasteiger partial charge in [-0.15, -0.1) is 0 Å². The van der Waals surface area contributed by atoms with Crippen molar-refractivity contribution in [3.63, 3.8) is 0 Å². The highest BCUT2D eigenvalue weighted by atomic mass is 35.5. The predicted molar refractivity (Wildman–Crippen MR) is 83.1 cm³/mol. The van der Waals surface area contributed by atoms with E-state index in [9.17, 15) is 4.79 Å². The maximum Gasteiger partial charge on any atom is 0.253 e. The third-order valence-corrected chi connectivity index (χ3v) is 3.52. The number of hydrogen-bond donors (Lipinski definition) is 1. The molecule has 2 rings (SSSR count). The summed E-state index contributed by atoms with van der Waals surface area (Å²) >= 11 is 11.7. The minimum absolute atomic E-state index is 0.108. The van der Waals surface area contributed by atoms with E-state index in [-0.39, 0.29) is 5.91 Å². The monoisotopic (exact) mass is 308 g/mol. The molecule has 2 aromatic carbocycles. The number of halogens is 2. The second kappa shape index (κ2) is 6.16. The Balaban J connectivity index is 2.11. The van der Waals surface area contributed by atoms with E-state index < -0.39 is 0 Å². The Hall–Kier alpha value is -1.71. The summed E-state index contributed by atoms with van der Waals surface area (Å²) < 4.78 is 0. The molecule has 3 nitrogen and oxygen atoms in total. The summed E-state index contributed by atoms with van der Waals surface area (Å²) in [5, 5.41) is 1.12. The highest BCUT2D eigenvalue weighted by Crippen LogP contribution is 2.20. The van der Waals surface area contributed by atoms with E-state index in [2.05, 4.69) is 0 Å². The first-order valence-corrected chi connectivity index (χ1v) is 6.78. The quantitative estimate of drug-likeness (QED) is 0.875. The Kier molecular flexibility index (Phi) is 4.53. The molecule has 2 N–H and O–H groups in total. The van der Waals surface area contributed by atoms with Gasteiger partial charge in [-0.1, -0.05) is 35.3 Å². The molecule has 0 heterocycles. The number of carbonyl (C=O) groups is 1. The average Bonchev–Trinajstić information content (AvgIpc) is 2.43. The van der Waals surface area contributed by atoms with Crippen molar-refractivity contribution in [3.05, 3.63) is 63.6 Å². The number of nitrogens with two attached hydrogens (primary N) is 1. The third kappa shape index (κ3) is 3.44. The normalized spacial score (nSPS) is 10.3. The summed E-state index contributed by atoms with van der Waals surface area (Å²) in [4.78, 5) is 13.9. The molecule has 0 bridgehead atoms. The minimum Gasteiger partial charge on any atom is -0.398 e. The molecule has 2 aromatic rings. The summed E-state index contributed by atoms with van der Waals surface area (Å²) in [5.41, 5.74) is 7.63. The Morgan fingerprint density at radius 1 is 1.15 bits per heavy atom. The molecule has 0 radical (unpaired) electrons. The van der Waals surface area contributed by atoms with Gasteiger partial charge in [-0.05, 0) is 35.9 Å². The first-order valence-electron chi connectivity index (χ1n) is 6.02. The van der Waals surface area contributed by atoms with E-state index in [4.69, 9.17) is 28.9 Å². The number of amides is 1. The molecule has 0 spiro atoms. The number of benzene rings is 2. The lowest BCUT2D eigenvalue weighted by Gasteiger charge is -2.17. The Labute approximate surface area is 127 Å². The maximum atomic E-state index is 12.3. The van der Waals surface area contributed by atoms with Gasteiger partial charge >= 0.3 is 0 Å². The zero-order valence-electron chi connectivity index (χ0n) is 10.9. The van der Waals surface area contributed by atoms with Gasteiger partial charge in [0.25, 0.3) is 5.91 Å². The van der Waals surface area contributed by atoms with Crippen LogP contribution < -0.4 is 5.73 Å². The number of anilines is 1. The maximum absolute atomic E-state index is 12.3. The SMILES string of the molecule is CN(Cc1ccc(Cl)cc1)C(=O)c1ccc(Cl)c(N)c1. The lowest BCUT2D eigenvalue weighted by Crippen LogP contribution is -2.26. The molecule has 0 saturated carbocycles. The van der Waals surface area contributed by atoms with Crippen LogP contribution in [0.1, 0.15) is 15.9 Å². The van der Waals surface area contributed by atoms with Crippen LogP contribution in [0.3, 0.4) is 0 Å². The van der Waals surface area contributed by atoms with Crippen LogP contribution in [0.15, 0.2) is 42.5 Å². The van der Waals surface area contributed by atoms with Crippen LogP contribution in [0.5, 0.6) is 0 Å². The zero-order chi connectivity index (χ0) is 14.7. The van der Waals surface area contributed by atoms with Crippen molar-refractivity contribution in [2.75, 3.05) is 12.8 Å². The molecular weight excluding hydrogens is 295 g/mol. The predicted octanol–water partition coefficient (Wildman–Crippen LogP) is 3.85. The highest BCUT2D eigenvalue weighted by molar-refractivity contribution is 6.33. The van der Waals surface area contributed by atoms with E-state index in [0.717, 1.165) is 5.56 Å². The van der Waals surface area contributed by atoms with Crippen molar-refractivity contribution >= 4 is 34.8 Å². The molecule has 0 aliphatic heterocycles. The molecule has 0 unspecified atom stereocenters. The second-order valence-electron chi connectivity index (χ2n) is 4.52. The minimum atomic E-state index is -0.108. The van der Waals surface area contributed by atoms with Gasteiger partial charge in [0.1, 0.15) is 0 Å². The lowest BCUT2D eigenvalue weighted by atomic mass is 10.1. The van der Waals surface area contributed by atoms with E-state index >= 15 is 0 Å². The van der Waals surface area contributed by atoms with Gasteiger partial charge in [0, 0.05) is 24.2 Å². The molecule has 0 aromatic heterocycles. The number of carbonyl (C=O) groups excluding carboxylic acids is 1. The van der Waals surface area contributed by atoms with Crippen molar-refractivity contribution in [1.29, 1.82) is 0 Å². The summed E-state index contributed by atoms with van der Waals surface area (Å²) in [7, 11) is 1.74. The molecule has 1 amide bonds. The molecule has 0 atom stereocenters. The van der Waals surface area contributed by atoms with E-state index in [1.54, 1.807) is 42.3 Å². The Bertz CT molecular complexity index is 626. The van der Waals surface area contributed by atoms with Gasteiger partial charge in [-0.2, -0.15) is 0 Å². The van der Waals surface area contributed by atoms with Crippen molar-refractivity contribution in [1.82, 2.24) is 4.90 Å². The van der Waals surface area contributed by atoms with Crippen LogP contribution in [0.4, 0.5) is 5.69 Å². The van der Waals surface area contributed by atoms with Gasteiger partial charge in [-0.25, -0.2) is 0 Å². The van der Waals surface area contributed by atoms with E-state index in [1.807, 2.05) is 12.1 Å². The van der Waals surface area contributed by atoms with Crippen LogP contribution in [-0.2, 0) is 6.54 Å². The first kappa shape index (κ1) is 14.7. The molecular formula is C15H14Cl2N2O. The van der Waals surface area contributed by atoms with Crippen molar-refractivity contribution in [3.8, 4) is 0 Å². The number of nitrogens with zero attached hydrogens (tertiary/aromatic N) is 1. The van der Waals surface area contributed by atoms with Gasteiger partial charge in [0.15, 0.2) is 0 Å². The van der Waals surface area contributed by atoms with Gasteiger partial charge in [0.05, 0.1) is 10.7 Å². The standard InChI is InChI=1S/C15H14Cl2N2O/c1-19(9-10-2-5-12(16)6-3-10)15(20)11-4-7-13(17)14(18)8-11/h2-8H,9,18H2,1H3. The van der Waals surface area contributed by atoms with Crippen molar-refractivity contribution in [2.45, 2.75) is 6.54 Å². The molecule has 0 saturated heterocycles. The van der Waals surface area contributed by atoms with Gasteiger partial charge in [0.2, 0.25) is 0 Å². The Morgan fingerprint density at radius 3 is 2.40 bits per heavy atom. The summed E-state index contributed by atoms with van der Waals surface area (Å²) in [6.45, 7) is 0.499. The van der Waals surface area contributed by atoms with Crippen LogP contribution in [0, 0.1) is 0 Å². The number of rotatable bonds is 3. The fraction of sp³-hybridized carbons (Fsp3) is 0.133. The number of hydrogen-bond acceptors (Lipinski definition) is 2. The van der Waals surface area contributed by atoms with Crippen LogP contribution >= 0.6 is 23.2 Å². The van der Waals surface area contributed by atoms with Crippen LogP contribution in [-0.4, -0.2) is 17.9 Å². The highest BCUT2D eigenvalue weighted by Gasteiger charge is 2.13. The van der Waals surface area contributed by atoms with Crippen LogP contribution in [0.2, 0.25) is 10.0 Å². The van der Waals surface area contributed by atoms with Gasteiger partial charge in [-0.3, -0.25) is 4.79 Å². The summed E-state index contributed by atoms with van der Waals surface area (Å²) in [6, 6.07) is 12.3. The molecule has 104 valence electrons. The third-order valence-electron chi connectivity index (χ3n) is 2.92.